The number of fused-ring (bicyclic) bond motifs is 1. The van der Waals surface area contributed by atoms with Crippen LogP contribution in [0.3, 0.4) is 0 Å². The van der Waals surface area contributed by atoms with Gasteiger partial charge in [0.25, 0.3) is 0 Å². The maximum absolute atomic E-state index is 12.4. The zero-order valence-electron chi connectivity index (χ0n) is 12.2. The number of ether oxygens (including phenoxy) is 2. The second kappa shape index (κ2) is 6.04. The fourth-order valence-electron chi connectivity index (χ4n) is 2.67. The van der Waals surface area contributed by atoms with Crippen molar-refractivity contribution in [1.82, 2.24) is 4.90 Å². The molecule has 3 rings (SSSR count). The molecule has 1 fully saturated rings. The van der Waals surface area contributed by atoms with E-state index >= 15 is 0 Å². The first kappa shape index (κ1) is 15.0. The number of benzene rings is 1. The Hall–Kier alpha value is -1.95. The number of anilines is 1. The molecule has 2 amide bonds. The van der Waals surface area contributed by atoms with Crippen molar-refractivity contribution < 1.29 is 19.1 Å². The summed E-state index contributed by atoms with van der Waals surface area (Å²) >= 11 is 6.18. The minimum atomic E-state index is -0.467. The minimum absolute atomic E-state index is 0.0142. The molecular weight excluding hydrogens is 308 g/mol. The largest absolute Gasteiger partial charge is 0.486 e. The molecule has 1 saturated heterocycles. The minimum Gasteiger partial charge on any atom is -0.486 e. The average molecular weight is 325 g/mol. The molecule has 2 aliphatic heterocycles. The molecule has 0 saturated carbocycles. The Bertz CT molecular complexity index is 620. The van der Waals surface area contributed by atoms with Gasteiger partial charge in [-0.3, -0.25) is 9.59 Å². The summed E-state index contributed by atoms with van der Waals surface area (Å²) in [6, 6.07) is 2.81. The topological polar surface area (TPSA) is 67.9 Å². The fraction of sp³-hybridized carbons (Fsp3) is 0.467. The Morgan fingerprint density at radius 2 is 2.00 bits per heavy atom. The van der Waals surface area contributed by atoms with Crippen molar-refractivity contribution in [3.8, 4) is 11.5 Å². The van der Waals surface area contributed by atoms with E-state index in [9.17, 15) is 9.59 Å². The highest BCUT2D eigenvalue weighted by atomic mass is 35.5. The van der Waals surface area contributed by atoms with Crippen LogP contribution in [0.4, 0.5) is 5.69 Å². The zero-order valence-corrected chi connectivity index (χ0v) is 13.0. The first-order valence-electron chi connectivity index (χ1n) is 7.22. The van der Waals surface area contributed by atoms with Gasteiger partial charge >= 0.3 is 0 Å². The maximum Gasteiger partial charge on any atom is 0.247 e. The average Bonchev–Trinajstić information content (AvgIpc) is 2.50. The van der Waals surface area contributed by atoms with Crippen LogP contribution in [0.15, 0.2) is 12.1 Å². The molecule has 1 N–H and O–H groups in total. The standard InChI is InChI=1S/C15H17ClN2O4/c1-18-11(3-2-4-14(18)19)15(20)17-10-8-13-12(7-9(10)16)21-5-6-22-13/h7-8,11H,2-6H2,1H3,(H,17,20). The number of halogens is 1. The van der Waals surface area contributed by atoms with E-state index in [4.69, 9.17) is 21.1 Å². The quantitative estimate of drug-likeness (QED) is 0.904. The molecule has 1 unspecified atom stereocenters. The van der Waals surface area contributed by atoms with E-state index in [1.165, 1.54) is 4.90 Å². The fourth-order valence-corrected chi connectivity index (χ4v) is 2.87. The van der Waals surface area contributed by atoms with Gasteiger partial charge in [0, 0.05) is 25.6 Å². The van der Waals surface area contributed by atoms with E-state index < -0.39 is 6.04 Å². The lowest BCUT2D eigenvalue weighted by Gasteiger charge is -2.31. The zero-order chi connectivity index (χ0) is 15.7. The second-order valence-corrected chi connectivity index (χ2v) is 5.78. The number of carbonyl (C=O) groups is 2. The molecule has 0 aliphatic carbocycles. The normalized spacial score (nSPS) is 20.7. The van der Waals surface area contributed by atoms with Crippen LogP contribution in [-0.4, -0.2) is 43.0 Å². The molecule has 22 heavy (non-hydrogen) atoms. The molecule has 0 spiro atoms. The Balaban J connectivity index is 1.77. The molecule has 1 aromatic rings. The molecule has 0 bridgehead atoms. The molecule has 0 aromatic heterocycles. The van der Waals surface area contributed by atoms with Crippen molar-refractivity contribution in [3.05, 3.63) is 17.2 Å². The smallest absolute Gasteiger partial charge is 0.247 e. The van der Waals surface area contributed by atoms with Crippen LogP contribution in [0.1, 0.15) is 19.3 Å². The Labute approximate surface area is 133 Å². The Morgan fingerprint density at radius 3 is 2.73 bits per heavy atom. The number of hydrogen-bond acceptors (Lipinski definition) is 4. The summed E-state index contributed by atoms with van der Waals surface area (Å²) in [6.45, 7) is 0.936. The SMILES string of the molecule is CN1C(=O)CCCC1C(=O)Nc1cc2c(cc1Cl)OCCO2. The van der Waals surface area contributed by atoms with Crippen LogP contribution in [0, 0.1) is 0 Å². The third-order valence-corrected chi connectivity index (χ3v) is 4.23. The summed E-state index contributed by atoms with van der Waals surface area (Å²) in [7, 11) is 1.65. The van der Waals surface area contributed by atoms with Gasteiger partial charge in [-0.15, -0.1) is 0 Å². The van der Waals surface area contributed by atoms with Gasteiger partial charge < -0.3 is 19.7 Å². The van der Waals surface area contributed by atoms with Crippen LogP contribution < -0.4 is 14.8 Å². The molecule has 1 aromatic carbocycles. The molecule has 2 heterocycles. The number of piperidine rings is 1. The number of hydrogen-bond donors (Lipinski definition) is 1. The predicted molar refractivity (Wildman–Crippen MR) is 81.5 cm³/mol. The number of likely N-dealkylation sites (tertiary alicyclic amines) is 1. The summed E-state index contributed by atoms with van der Waals surface area (Å²) in [4.78, 5) is 25.6. The van der Waals surface area contributed by atoms with Crippen molar-refractivity contribution in [1.29, 1.82) is 0 Å². The summed E-state index contributed by atoms with van der Waals surface area (Å²) in [5, 5.41) is 3.16. The van der Waals surface area contributed by atoms with Crippen LogP contribution >= 0.6 is 11.6 Å². The third-order valence-electron chi connectivity index (χ3n) is 3.92. The van der Waals surface area contributed by atoms with E-state index in [2.05, 4.69) is 5.32 Å². The van der Waals surface area contributed by atoms with Gasteiger partial charge in [0.15, 0.2) is 11.5 Å². The number of nitrogens with zero attached hydrogens (tertiary/aromatic N) is 1. The third kappa shape index (κ3) is 2.83. The van der Waals surface area contributed by atoms with E-state index in [-0.39, 0.29) is 11.8 Å². The van der Waals surface area contributed by atoms with Gasteiger partial charge in [0.05, 0.1) is 10.7 Å². The van der Waals surface area contributed by atoms with E-state index in [0.717, 1.165) is 6.42 Å². The molecule has 7 heteroatoms. The highest BCUT2D eigenvalue weighted by Crippen LogP contribution is 2.38. The first-order valence-corrected chi connectivity index (χ1v) is 7.59. The lowest BCUT2D eigenvalue weighted by Crippen LogP contribution is -2.47. The Kier molecular flexibility index (Phi) is 4.11. The van der Waals surface area contributed by atoms with Crippen LogP contribution in [0.5, 0.6) is 11.5 Å². The van der Waals surface area contributed by atoms with Gasteiger partial charge in [0.1, 0.15) is 19.3 Å². The van der Waals surface area contributed by atoms with Gasteiger partial charge in [-0.1, -0.05) is 11.6 Å². The second-order valence-electron chi connectivity index (χ2n) is 5.38. The van der Waals surface area contributed by atoms with Crippen molar-refractivity contribution in [2.75, 3.05) is 25.6 Å². The monoisotopic (exact) mass is 324 g/mol. The number of likely N-dealkylation sites (N-methyl/N-ethyl adjacent to an activating group) is 1. The summed E-state index contributed by atoms with van der Waals surface area (Å²) in [5.74, 6) is 0.868. The first-order chi connectivity index (χ1) is 10.6. The van der Waals surface area contributed by atoms with Crippen molar-refractivity contribution in [2.24, 2.45) is 0 Å². The Morgan fingerprint density at radius 1 is 1.32 bits per heavy atom. The predicted octanol–water partition coefficient (Wildman–Crippen LogP) is 2.06. The number of amides is 2. The number of rotatable bonds is 2. The number of carbonyl (C=O) groups excluding carboxylic acids is 2. The highest BCUT2D eigenvalue weighted by molar-refractivity contribution is 6.34. The van der Waals surface area contributed by atoms with Crippen LogP contribution in [0.2, 0.25) is 5.02 Å². The molecule has 2 aliphatic rings. The molecule has 6 nitrogen and oxygen atoms in total. The van der Waals surface area contributed by atoms with Crippen molar-refractivity contribution in [2.45, 2.75) is 25.3 Å². The van der Waals surface area contributed by atoms with Crippen LogP contribution in [-0.2, 0) is 9.59 Å². The molecule has 0 radical (unpaired) electrons. The van der Waals surface area contributed by atoms with E-state index in [0.29, 0.717) is 48.3 Å². The summed E-state index contributed by atoms with van der Waals surface area (Å²) in [6.07, 6.45) is 1.86. The van der Waals surface area contributed by atoms with Gasteiger partial charge in [0.2, 0.25) is 11.8 Å². The maximum atomic E-state index is 12.4. The van der Waals surface area contributed by atoms with Crippen LogP contribution in [0.25, 0.3) is 0 Å². The number of nitrogens with one attached hydrogen (secondary N) is 1. The van der Waals surface area contributed by atoms with Gasteiger partial charge in [-0.05, 0) is 12.8 Å². The summed E-state index contributed by atoms with van der Waals surface area (Å²) in [5.41, 5.74) is 0.460. The van der Waals surface area contributed by atoms with Gasteiger partial charge in [-0.25, -0.2) is 0 Å². The van der Waals surface area contributed by atoms with Gasteiger partial charge in [-0.2, -0.15) is 0 Å². The lowest BCUT2D eigenvalue weighted by molar-refractivity contribution is -0.140. The molecule has 1 atom stereocenters. The van der Waals surface area contributed by atoms with Crippen molar-refractivity contribution in [3.63, 3.8) is 0 Å². The van der Waals surface area contributed by atoms with E-state index in [1.54, 1.807) is 19.2 Å². The lowest BCUT2D eigenvalue weighted by atomic mass is 10.0. The molecular formula is C15H17ClN2O4. The van der Waals surface area contributed by atoms with E-state index in [1.807, 2.05) is 0 Å². The molecule has 118 valence electrons. The summed E-state index contributed by atoms with van der Waals surface area (Å²) < 4.78 is 10.9. The van der Waals surface area contributed by atoms with Crippen molar-refractivity contribution >= 4 is 29.1 Å². The highest BCUT2D eigenvalue weighted by Gasteiger charge is 2.31.